The fourth-order valence-electron chi connectivity index (χ4n) is 2.06. The molecule has 0 saturated carbocycles. The number of benzene rings is 1. The molecule has 3 rings (SSSR count). The van der Waals surface area contributed by atoms with Crippen LogP contribution in [-0.2, 0) is 0 Å². The molecule has 0 radical (unpaired) electrons. The number of nitrogens with zero attached hydrogens (tertiary/aromatic N) is 4. The SMILES string of the molecule is CN1C=NN/C1=c1\cn/c(=C\C#N)c(Oc2ccc(O)cc2)c1. The van der Waals surface area contributed by atoms with Crippen molar-refractivity contribution >= 4 is 18.2 Å². The Kier molecular flexibility index (Phi) is 3.80. The fraction of sp³-hybridized carbons (Fsp3) is 0.0625. The highest BCUT2D eigenvalue weighted by atomic mass is 16.5. The smallest absolute Gasteiger partial charge is 0.154 e. The molecule has 1 aliphatic rings. The van der Waals surface area contributed by atoms with Crippen molar-refractivity contribution in [2.45, 2.75) is 0 Å². The number of nitrogens with one attached hydrogen (secondary N) is 1. The second-order valence-corrected chi connectivity index (χ2v) is 4.79. The molecule has 114 valence electrons. The van der Waals surface area contributed by atoms with E-state index in [2.05, 4.69) is 15.5 Å². The van der Waals surface area contributed by atoms with E-state index in [-0.39, 0.29) is 5.75 Å². The molecule has 0 spiro atoms. The van der Waals surface area contributed by atoms with E-state index in [1.54, 1.807) is 30.7 Å². The van der Waals surface area contributed by atoms with Crippen LogP contribution in [0.1, 0.15) is 0 Å². The van der Waals surface area contributed by atoms with Crippen molar-refractivity contribution in [2.24, 2.45) is 5.10 Å². The van der Waals surface area contributed by atoms with Gasteiger partial charge in [-0.3, -0.25) is 10.4 Å². The first-order valence-electron chi connectivity index (χ1n) is 6.76. The molecule has 7 nitrogen and oxygen atoms in total. The van der Waals surface area contributed by atoms with Gasteiger partial charge < -0.3 is 14.7 Å². The van der Waals surface area contributed by atoms with Gasteiger partial charge in [-0.05, 0) is 30.3 Å². The molecule has 2 heterocycles. The summed E-state index contributed by atoms with van der Waals surface area (Å²) in [4.78, 5) is 6.08. The molecule has 0 saturated heterocycles. The number of pyridine rings is 1. The van der Waals surface area contributed by atoms with Crippen molar-refractivity contribution in [3.8, 4) is 23.3 Å². The van der Waals surface area contributed by atoms with Crippen molar-refractivity contribution in [3.63, 3.8) is 0 Å². The molecule has 2 aromatic rings. The number of hydrogen-bond acceptors (Lipinski definition) is 7. The summed E-state index contributed by atoms with van der Waals surface area (Å²) in [6.45, 7) is 0. The zero-order chi connectivity index (χ0) is 16.2. The Balaban J connectivity index is 2.08. The van der Waals surface area contributed by atoms with Crippen molar-refractivity contribution < 1.29 is 9.84 Å². The Morgan fingerprint density at radius 1 is 1.35 bits per heavy atom. The molecular weight excluding hydrogens is 294 g/mol. The number of aromatic nitrogens is 1. The lowest BCUT2D eigenvalue weighted by Crippen LogP contribution is -2.26. The van der Waals surface area contributed by atoms with Crippen LogP contribution < -0.4 is 20.7 Å². The minimum atomic E-state index is 0.150. The molecule has 0 amide bonds. The lowest BCUT2D eigenvalue weighted by atomic mass is 10.3. The van der Waals surface area contributed by atoms with E-state index >= 15 is 0 Å². The summed E-state index contributed by atoms with van der Waals surface area (Å²) in [5.41, 5.74) is 2.88. The van der Waals surface area contributed by atoms with Crippen LogP contribution in [0.15, 0.2) is 41.6 Å². The zero-order valence-corrected chi connectivity index (χ0v) is 12.3. The Bertz CT molecular complexity index is 913. The molecular formula is C16H13N5O2. The topological polar surface area (TPSA) is 93.8 Å². The van der Waals surface area contributed by atoms with E-state index in [0.717, 1.165) is 11.0 Å². The summed E-state index contributed by atoms with van der Waals surface area (Å²) in [5, 5.41) is 23.4. The van der Waals surface area contributed by atoms with Gasteiger partial charge in [-0.25, -0.2) is 0 Å². The van der Waals surface area contributed by atoms with Crippen LogP contribution >= 0.6 is 0 Å². The maximum atomic E-state index is 9.33. The normalized spacial score (nSPS) is 16.2. The number of phenols is 1. The zero-order valence-electron chi connectivity index (χ0n) is 12.3. The van der Waals surface area contributed by atoms with Gasteiger partial charge in [0.05, 0.1) is 6.07 Å². The lowest BCUT2D eigenvalue weighted by Gasteiger charge is -2.10. The van der Waals surface area contributed by atoms with Gasteiger partial charge in [0.2, 0.25) is 0 Å². The molecule has 23 heavy (non-hydrogen) atoms. The van der Waals surface area contributed by atoms with Gasteiger partial charge in [0, 0.05) is 24.5 Å². The summed E-state index contributed by atoms with van der Waals surface area (Å²) in [6, 6.07) is 10.0. The van der Waals surface area contributed by atoms with Gasteiger partial charge in [-0.1, -0.05) is 0 Å². The van der Waals surface area contributed by atoms with E-state index < -0.39 is 0 Å². The van der Waals surface area contributed by atoms with Crippen LogP contribution in [0.4, 0.5) is 0 Å². The maximum absolute atomic E-state index is 9.33. The molecule has 1 aromatic heterocycles. The minimum absolute atomic E-state index is 0.150. The third-order valence-electron chi connectivity index (χ3n) is 3.18. The Morgan fingerprint density at radius 2 is 2.13 bits per heavy atom. The van der Waals surface area contributed by atoms with Crippen LogP contribution in [0.3, 0.4) is 0 Å². The number of aromatic hydroxyl groups is 1. The van der Waals surface area contributed by atoms with Crippen molar-refractivity contribution in [3.05, 3.63) is 47.1 Å². The van der Waals surface area contributed by atoms with Gasteiger partial charge in [-0.15, -0.1) is 0 Å². The highest BCUT2D eigenvalue weighted by Gasteiger charge is 2.10. The standard InChI is InChI=1S/C16H13N5O2/c1-21-10-19-20-16(21)11-8-15(14(6-7-17)18-9-11)23-13-4-2-12(22)3-5-13/h2-6,8-10,20,22H,1H3/b14-6-,16-11+. The number of hydrazone groups is 1. The van der Waals surface area contributed by atoms with Crippen LogP contribution in [0.5, 0.6) is 17.2 Å². The fourth-order valence-corrected chi connectivity index (χ4v) is 2.06. The first-order valence-corrected chi connectivity index (χ1v) is 6.76. The Morgan fingerprint density at radius 3 is 2.78 bits per heavy atom. The number of ether oxygens (including phenoxy) is 1. The van der Waals surface area contributed by atoms with Crippen molar-refractivity contribution in [1.29, 1.82) is 5.26 Å². The molecule has 7 heteroatoms. The monoisotopic (exact) mass is 307 g/mol. The molecule has 0 aliphatic carbocycles. The second-order valence-electron chi connectivity index (χ2n) is 4.79. The first-order chi connectivity index (χ1) is 11.2. The summed E-state index contributed by atoms with van der Waals surface area (Å²) >= 11 is 0. The lowest BCUT2D eigenvalue weighted by molar-refractivity contribution is 0.461. The highest BCUT2D eigenvalue weighted by molar-refractivity contribution is 5.70. The van der Waals surface area contributed by atoms with Crippen molar-refractivity contribution in [1.82, 2.24) is 15.3 Å². The van der Waals surface area contributed by atoms with E-state index in [9.17, 15) is 5.11 Å². The van der Waals surface area contributed by atoms with E-state index in [1.165, 1.54) is 18.2 Å². The second kappa shape index (κ2) is 6.07. The minimum Gasteiger partial charge on any atom is -0.508 e. The molecule has 2 N–H and O–H groups in total. The summed E-state index contributed by atoms with van der Waals surface area (Å²) in [6.07, 6.45) is 4.60. The number of nitriles is 1. The van der Waals surface area contributed by atoms with Gasteiger partial charge in [0.25, 0.3) is 0 Å². The highest BCUT2D eigenvalue weighted by Crippen LogP contribution is 2.20. The van der Waals surface area contributed by atoms with Crippen LogP contribution in [0.25, 0.3) is 11.9 Å². The van der Waals surface area contributed by atoms with Gasteiger partial charge in [-0.2, -0.15) is 10.4 Å². The predicted octanol–water partition coefficient (Wildman–Crippen LogP) is 0.428. The number of rotatable bonds is 2. The molecule has 1 aliphatic heterocycles. The summed E-state index contributed by atoms with van der Waals surface area (Å²) in [5.74, 6) is 1.88. The van der Waals surface area contributed by atoms with Crippen LogP contribution in [0, 0.1) is 11.3 Å². The molecule has 0 bridgehead atoms. The first kappa shape index (κ1) is 14.4. The Hall–Kier alpha value is -3.53. The number of hydrogen-bond donors (Lipinski definition) is 2. The summed E-state index contributed by atoms with van der Waals surface area (Å²) < 4.78 is 5.80. The Labute approximate surface area is 132 Å². The quantitative estimate of drug-likeness (QED) is 0.835. The largest absolute Gasteiger partial charge is 0.508 e. The predicted molar refractivity (Wildman–Crippen MR) is 84.5 cm³/mol. The third-order valence-corrected chi connectivity index (χ3v) is 3.18. The van der Waals surface area contributed by atoms with E-state index in [4.69, 9.17) is 10.00 Å². The molecule has 0 fully saturated rings. The van der Waals surface area contributed by atoms with Crippen molar-refractivity contribution in [2.75, 3.05) is 7.05 Å². The maximum Gasteiger partial charge on any atom is 0.154 e. The molecule has 1 aromatic carbocycles. The molecule has 0 unspecified atom stereocenters. The van der Waals surface area contributed by atoms with Crippen LogP contribution in [0.2, 0.25) is 0 Å². The number of phenolic OH excluding ortho intramolecular Hbond substituents is 1. The third kappa shape index (κ3) is 3.06. The average molecular weight is 307 g/mol. The summed E-state index contributed by atoms with van der Waals surface area (Å²) in [7, 11) is 1.86. The average Bonchev–Trinajstić information content (AvgIpc) is 2.97. The van der Waals surface area contributed by atoms with Crippen LogP contribution in [-0.4, -0.2) is 28.4 Å². The molecule has 0 atom stereocenters. The van der Waals surface area contributed by atoms with E-state index in [0.29, 0.717) is 16.8 Å². The van der Waals surface area contributed by atoms with Gasteiger partial charge in [0.1, 0.15) is 29.0 Å². The van der Waals surface area contributed by atoms with Gasteiger partial charge >= 0.3 is 0 Å². The van der Waals surface area contributed by atoms with Gasteiger partial charge in [0.15, 0.2) is 5.75 Å². The van der Waals surface area contributed by atoms with E-state index in [1.807, 2.05) is 18.0 Å².